The SMILES string of the molecule is CCOc1nc(N)nc2c1ncn2C1O[C@@]2(CO[P@@](=O)(N[C@H](C)C(=O)OC(C)C)Oc3ccccc3)CO[C@@H]1[C@@H]2O. The van der Waals surface area contributed by atoms with E-state index in [2.05, 4.69) is 20.0 Å². The summed E-state index contributed by atoms with van der Waals surface area (Å²) >= 11 is 0. The van der Waals surface area contributed by atoms with Crippen LogP contribution >= 0.6 is 7.75 Å². The predicted molar refractivity (Wildman–Crippen MR) is 144 cm³/mol. The van der Waals surface area contributed by atoms with Crippen molar-refractivity contribution in [1.29, 1.82) is 0 Å². The van der Waals surface area contributed by atoms with Crippen molar-refractivity contribution in [2.24, 2.45) is 0 Å². The number of nitrogens with one attached hydrogen (secondary N) is 1. The summed E-state index contributed by atoms with van der Waals surface area (Å²) in [4.78, 5) is 25.2. The molecular formula is C25H33N6O9P. The lowest BCUT2D eigenvalue weighted by molar-refractivity contribution is -0.183. The Hall–Kier alpha value is -3.33. The van der Waals surface area contributed by atoms with E-state index < -0.39 is 50.4 Å². The van der Waals surface area contributed by atoms with E-state index in [9.17, 15) is 14.5 Å². The zero-order valence-electron chi connectivity index (χ0n) is 23.0. The van der Waals surface area contributed by atoms with Crippen molar-refractivity contribution in [3.63, 3.8) is 0 Å². The van der Waals surface area contributed by atoms with Gasteiger partial charge in [-0.2, -0.15) is 15.1 Å². The smallest absolute Gasteiger partial charge is 0.459 e. The van der Waals surface area contributed by atoms with Gasteiger partial charge < -0.3 is 34.3 Å². The average molecular weight is 593 g/mol. The molecule has 1 aromatic carbocycles. The van der Waals surface area contributed by atoms with Crippen molar-refractivity contribution < 1.29 is 42.5 Å². The number of hydrogen-bond acceptors (Lipinski definition) is 13. The molecule has 2 aliphatic heterocycles. The monoisotopic (exact) mass is 592 g/mol. The van der Waals surface area contributed by atoms with Gasteiger partial charge in [-0.3, -0.25) is 13.9 Å². The molecular weight excluding hydrogens is 559 g/mol. The van der Waals surface area contributed by atoms with Crippen LogP contribution in [0.4, 0.5) is 5.95 Å². The topological polar surface area (TPSA) is 191 Å². The maximum Gasteiger partial charge on any atom is 0.459 e. The molecule has 4 heterocycles. The van der Waals surface area contributed by atoms with Crippen LogP contribution in [0.1, 0.15) is 33.9 Å². The number of ether oxygens (including phenoxy) is 4. The molecule has 0 radical (unpaired) electrons. The third kappa shape index (κ3) is 5.87. The Morgan fingerprint density at radius 3 is 2.76 bits per heavy atom. The zero-order valence-corrected chi connectivity index (χ0v) is 23.9. The van der Waals surface area contributed by atoms with Crippen molar-refractivity contribution in [3.8, 4) is 11.6 Å². The molecule has 1 unspecified atom stereocenters. The highest BCUT2D eigenvalue weighted by atomic mass is 31.2. The first-order valence-corrected chi connectivity index (χ1v) is 14.7. The minimum Gasteiger partial charge on any atom is -0.476 e. The molecule has 16 heteroatoms. The van der Waals surface area contributed by atoms with Crippen molar-refractivity contribution in [3.05, 3.63) is 36.7 Å². The number of aliphatic hydroxyl groups excluding tert-OH is 1. The van der Waals surface area contributed by atoms with Crippen LogP contribution in [0, 0.1) is 0 Å². The highest BCUT2D eigenvalue weighted by Crippen LogP contribution is 2.51. The molecule has 3 aromatic rings. The Morgan fingerprint density at radius 2 is 2.05 bits per heavy atom. The number of nitrogens with zero attached hydrogens (tertiary/aromatic N) is 4. The Labute approximate surface area is 235 Å². The Morgan fingerprint density at radius 1 is 1.29 bits per heavy atom. The van der Waals surface area contributed by atoms with E-state index >= 15 is 0 Å². The van der Waals surface area contributed by atoms with E-state index in [-0.39, 0.29) is 30.3 Å². The molecule has 2 aromatic heterocycles. The average Bonchev–Trinajstić information content (AvgIpc) is 3.57. The van der Waals surface area contributed by atoms with Crippen LogP contribution in [0.3, 0.4) is 0 Å². The van der Waals surface area contributed by atoms with E-state index in [1.54, 1.807) is 55.7 Å². The molecule has 2 bridgehead atoms. The fourth-order valence-electron chi connectivity index (χ4n) is 4.60. The van der Waals surface area contributed by atoms with E-state index in [1.165, 1.54) is 13.3 Å². The van der Waals surface area contributed by atoms with Gasteiger partial charge in [0.15, 0.2) is 17.4 Å². The Balaban J connectivity index is 1.38. The van der Waals surface area contributed by atoms with Gasteiger partial charge in [0.2, 0.25) is 11.8 Å². The van der Waals surface area contributed by atoms with Crippen LogP contribution in [0.5, 0.6) is 11.6 Å². The van der Waals surface area contributed by atoms with Gasteiger partial charge in [0, 0.05) is 0 Å². The molecule has 0 amide bonds. The van der Waals surface area contributed by atoms with Gasteiger partial charge in [-0.25, -0.2) is 9.55 Å². The first kappa shape index (κ1) is 29.2. The lowest BCUT2D eigenvalue weighted by atomic mass is 10.0. The van der Waals surface area contributed by atoms with Crippen molar-refractivity contribution in [2.75, 3.05) is 25.6 Å². The summed E-state index contributed by atoms with van der Waals surface area (Å²) in [6.45, 7) is 6.57. The summed E-state index contributed by atoms with van der Waals surface area (Å²) in [5, 5.41) is 13.8. The van der Waals surface area contributed by atoms with Gasteiger partial charge in [-0.15, -0.1) is 0 Å². The highest BCUT2D eigenvalue weighted by molar-refractivity contribution is 7.52. The molecule has 2 fully saturated rings. The second kappa shape index (κ2) is 11.5. The summed E-state index contributed by atoms with van der Waals surface area (Å²) in [5.74, 6) is -0.212. The number of aromatic nitrogens is 4. The van der Waals surface area contributed by atoms with E-state index in [1.807, 2.05) is 0 Å². The van der Waals surface area contributed by atoms with Crippen LogP contribution in [0.25, 0.3) is 11.2 Å². The number of nitrogens with two attached hydrogens (primary N) is 1. The van der Waals surface area contributed by atoms with Crippen molar-refractivity contribution >= 4 is 30.8 Å². The van der Waals surface area contributed by atoms with Gasteiger partial charge in [-0.1, -0.05) is 18.2 Å². The number of esters is 1. The third-order valence-electron chi connectivity index (χ3n) is 6.47. The summed E-state index contributed by atoms with van der Waals surface area (Å²) in [6, 6.07) is 7.30. The van der Waals surface area contributed by atoms with E-state index in [0.29, 0.717) is 17.8 Å². The van der Waals surface area contributed by atoms with Crippen molar-refractivity contribution in [1.82, 2.24) is 24.6 Å². The molecule has 2 saturated heterocycles. The number of imidazole rings is 1. The summed E-state index contributed by atoms with van der Waals surface area (Å²) in [7, 11) is -4.22. The summed E-state index contributed by atoms with van der Waals surface area (Å²) in [6.07, 6.45) is -1.80. The number of nitrogen functional groups attached to an aromatic ring is 1. The molecule has 41 heavy (non-hydrogen) atoms. The fourth-order valence-corrected chi connectivity index (χ4v) is 6.15. The standard InChI is InChI=1S/C25H33N6O9P/c1-5-35-21-17-20(28-24(26)29-21)31(13-27-17)22-18-19(32)25(39-22,11-36-18)12-37-41(34,40-16-9-7-6-8-10-16)30-15(4)23(33)38-14(2)3/h6-10,13-15,18-19,22,32H,5,11-12H2,1-4H3,(H,30,34)(H2,26,28,29)/t15-,18-,19+,22?,25-,41+/m1/s1. The highest BCUT2D eigenvalue weighted by Gasteiger charge is 2.63. The molecule has 6 atom stereocenters. The Kier molecular flexibility index (Phi) is 8.19. The normalized spacial score (nSPS) is 25.8. The number of fused-ring (bicyclic) bond motifs is 3. The number of carbonyl (C=O) groups is 1. The molecule has 4 N–H and O–H groups in total. The quantitative estimate of drug-likeness (QED) is 0.204. The largest absolute Gasteiger partial charge is 0.476 e. The van der Waals surface area contributed by atoms with Gasteiger partial charge in [0.25, 0.3) is 0 Å². The number of benzene rings is 1. The molecule has 0 spiro atoms. The molecule has 0 saturated carbocycles. The summed E-state index contributed by atoms with van der Waals surface area (Å²) in [5.41, 5.74) is 5.15. The second-order valence-electron chi connectivity index (χ2n) is 9.95. The van der Waals surface area contributed by atoms with Crippen LogP contribution in [0.15, 0.2) is 36.7 Å². The van der Waals surface area contributed by atoms with Gasteiger partial charge >= 0.3 is 13.7 Å². The number of anilines is 1. The lowest BCUT2D eigenvalue weighted by Gasteiger charge is -2.32. The van der Waals surface area contributed by atoms with Gasteiger partial charge in [0.1, 0.15) is 29.6 Å². The van der Waals surface area contributed by atoms with Gasteiger partial charge in [-0.05, 0) is 39.8 Å². The van der Waals surface area contributed by atoms with Crippen molar-refractivity contribution in [2.45, 2.75) is 63.9 Å². The van der Waals surface area contributed by atoms with Gasteiger partial charge in [0.05, 0.1) is 32.3 Å². The Bertz CT molecular complexity index is 1440. The molecule has 15 nitrogen and oxygen atoms in total. The van der Waals surface area contributed by atoms with E-state index in [0.717, 1.165) is 0 Å². The number of aliphatic hydroxyl groups is 1. The minimum atomic E-state index is -4.22. The molecule has 2 aliphatic rings. The maximum atomic E-state index is 13.9. The van der Waals surface area contributed by atoms with Crippen LogP contribution in [-0.2, 0) is 28.1 Å². The molecule has 222 valence electrons. The van der Waals surface area contributed by atoms with E-state index in [4.69, 9.17) is 33.7 Å². The van der Waals surface area contributed by atoms with Crippen LogP contribution in [0.2, 0.25) is 0 Å². The number of hydrogen-bond donors (Lipinski definition) is 3. The number of para-hydroxylation sites is 1. The maximum absolute atomic E-state index is 13.9. The second-order valence-corrected chi connectivity index (χ2v) is 11.6. The lowest BCUT2D eigenvalue weighted by Crippen LogP contribution is -2.46. The first-order valence-electron chi connectivity index (χ1n) is 13.1. The van der Waals surface area contributed by atoms with Crippen LogP contribution < -0.4 is 20.1 Å². The third-order valence-corrected chi connectivity index (χ3v) is 8.10. The fraction of sp³-hybridized carbons (Fsp3) is 0.520. The number of carbonyl (C=O) groups excluding carboxylic acids is 1. The predicted octanol–water partition coefficient (Wildman–Crippen LogP) is 1.97. The zero-order chi connectivity index (χ0) is 29.4. The first-order chi connectivity index (χ1) is 19.5. The summed E-state index contributed by atoms with van der Waals surface area (Å²) < 4.78 is 49.9. The molecule has 5 rings (SSSR count). The minimum absolute atomic E-state index is 0.0273. The molecule has 0 aliphatic carbocycles. The number of rotatable bonds is 12. The van der Waals surface area contributed by atoms with Crippen LogP contribution in [-0.4, -0.2) is 80.4 Å².